The quantitative estimate of drug-likeness (QED) is 0.666. The predicted molar refractivity (Wildman–Crippen MR) is 104 cm³/mol. The summed E-state index contributed by atoms with van der Waals surface area (Å²) in [5.74, 6) is 2.36. The summed E-state index contributed by atoms with van der Waals surface area (Å²) in [5, 5.41) is 14.3. The van der Waals surface area contributed by atoms with E-state index >= 15 is 0 Å². The van der Waals surface area contributed by atoms with E-state index in [1.165, 1.54) is 0 Å². The maximum atomic E-state index is 12.5. The van der Waals surface area contributed by atoms with Crippen LogP contribution < -0.4 is 15.4 Å². The minimum atomic E-state index is -0.283. The van der Waals surface area contributed by atoms with Crippen LogP contribution in [0, 0.1) is 0 Å². The Hall–Kier alpha value is -2.74. The molecule has 0 saturated heterocycles. The average Bonchev–Trinajstić information content (AvgIpc) is 3.10. The number of rotatable bonds is 7. The van der Waals surface area contributed by atoms with E-state index in [0.29, 0.717) is 5.69 Å². The minimum Gasteiger partial charge on any atom is -0.497 e. The fourth-order valence-corrected chi connectivity index (χ4v) is 3.07. The van der Waals surface area contributed by atoms with Crippen molar-refractivity contribution in [1.29, 1.82) is 0 Å². The number of carbonyl (C=O) groups is 1. The molecule has 3 aromatic rings. The van der Waals surface area contributed by atoms with E-state index in [2.05, 4.69) is 20.8 Å². The lowest BCUT2D eigenvalue weighted by Crippen LogP contribution is -2.34. The zero-order valence-corrected chi connectivity index (χ0v) is 15.5. The Morgan fingerprint density at radius 2 is 2.04 bits per heavy atom. The van der Waals surface area contributed by atoms with Gasteiger partial charge in [-0.1, -0.05) is 6.07 Å². The van der Waals surface area contributed by atoms with E-state index in [1.807, 2.05) is 35.1 Å². The molecule has 0 spiro atoms. The molecule has 2 amide bonds. The Kier molecular flexibility index (Phi) is 5.96. The monoisotopic (exact) mass is 371 g/mol. The Balaban J connectivity index is 1.74. The highest BCUT2D eigenvalue weighted by Crippen LogP contribution is 2.19. The van der Waals surface area contributed by atoms with Crippen molar-refractivity contribution < 1.29 is 9.53 Å². The summed E-state index contributed by atoms with van der Waals surface area (Å²) >= 11 is 1.72. The number of hydrogen-bond acceptors (Lipinski definition) is 5. The van der Waals surface area contributed by atoms with Gasteiger partial charge in [-0.05, 0) is 54.8 Å². The smallest absolute Gasteiger partial charge is 0.319 e. The van der Waals surface area contributed by atoms with Crippen molar-refractivity contribution in [3.8, 4) is 5.75 Å². The maximum Gasteiger partial charge on any atom is 0.319 e. The molecular weight excluding hydrogens is 350 g/mol. The topological polar surface area (TPSA) is 80.5 Å². The van der Waals surface area contributed by atoms with Crippen molar-refractivity contribution in [2.45, 2.75) is 12.5 Å². The molecule has 3 rings (SSSR count). The van der Waals surface area contributed by atoms with Gasteiger partial charge in [0.05, 0.1) is 13.2 Å². The second-order valence-corrected chi connectivity index (χ2v) is 6.63. The Bertz CT molecular complexity index is 865. The summed E-state index contributed by atoms with van der Waals surface area (Å²) in [6.07, 6.45) is 4.70. The van der Waals surface area contributed by atoms with Gasteiger partial charge in [-0.2, -0.15) is 11.8 Å². The first-order valence-electron chi connectivity index (χ1n) is 8.21. The van der Waals surface area contributed by atoms with Crippen LogP contribution in [0.25, 0.3) is 5.65 Å². The van der Waals surface area contributed by atoms with Crippen LogP contribution in [0.15, 0.2) is 48.7 Å². The summed E-state index contributed by atoms with van der Waals surface area (Å²) in [4.78, 5) is 12.5. The highest BCUT2D eigenvalue weighted by atomic mass is 32.2. The molecule has 0 saturated carbocycles. The molecule has 2 heterocycles. The van der Waals surface area contributed by atoms with Crippen LogP contribution in [0.4, 0.5) is 10.5 Å². The first kappa shape index (κ1) is 18.1. The zero-order chi connectivity index (χ0) is 18.4. The number of ether oxygens (including phenoxy) is 1. The fourth-order valence-electron chi connectivity index (χ4n) is 2.60. The van der Waals surface area contributed by atoms with E-state index in [4.69, 9.17) is 4.74 Å². The van der Waals surface area contributed by atoms with Crippen LogP contribution in [-0.2, 0) is 0 Å². The second kappa shape index (κ2) is 8.57. The minimum absolute atomic E-state index is 0.238. The molecule has 26 heavy (non-hydrogen) atoms. The largest absolute Gasteiger partial charge is 0.497 e. The molecule has 1 atom stereocenters. The highest BCUT2D eigenvalue weighted by molar-refractivity contribution is 7.98. The number of benzene rings is 1. The maximum absolute atomic E-state index is 12.5. The molecule has 0 fully saturated rings. The third-order valence-corrected chi connectivity index (χ3v) is 4.56. The van der Waals surface area contributed by atoms with E-state index in [0.717, 1.165) is 29.4 Å². The molecule has 8 heteroatoms. The summed E-state index contributed by atoms with van der Waals surface area (Å²) in [5.41, 5.74) is 1.45. The van der Waals surface area contributed by atoms with Gasteiger partial charge >= 0.3 is 6.03 Å². The van der Waals surface area contributed by atoms with Crippen LogP contribution in [0.1, 0.15) is 18.3 Å². The van der Waals surface area contributed by atoms with Gasteiger partial charge in [0, 0.05) is 11.9 Å². The standard InChI is InChI=1S/C18H21N5O2S/c1-25-14-8-6-13(7-9-14)19-18(24)20-15(10-12-26-2)17-22-21-16-5-3-4-11-23(16)17/h3-9,11,15H,10,12H2,1-2H3,(H2,19,20,24). The van der Waals surface area contributed by atoms with Gasteiger partial charge in [0.25, 0.3) is 0 Å². The molecule has 0 aliphatic carbocycles. The Morgan fingerprint density at radius 3 is 2.77 bits per heavy atom. The zero-order valence-electron chi connectivity index (χ0n) is 14.7. The lowest BCUT2D eigenvalue weighted by molar-refractivity contribution is 0.247. The lowest BCUT2D eigenvalue weighted by Gasteiger charge is -2.17. The summed E-state index contributed by atoms with van der Waals surface area (Å²) in [7, 11) is 1.61. The van der Waals surface area contributed by atoms with Crippen molar-refractivity contribution in [3.05, 3.63) is 54.5 Å². The highest BCUT2D eigenvalue weighted by Gasteiger charge is 2.20. The molecule has 0 radical (unpaired) electrons. The molecule has 0 aliphatic rings. The molecule has 136 valence electrons. The van der Waals surface area contributed by atoms with Crippen molar-refractivity contribution >= 4 is 29.1 Å². The summed E-state index contributed by atoms with van der Waals surface area (Å²) in [6, 6.07) is 12.4. The molecule has 0 bridgehead atoms. The van der Waals surface area contributed by atoms with Crippen molar-refractivity contribution in [1.82, 2.24) is 19.9 Å². The molecule has 1 aromatic carbocycles. The van der Waals surface area contributed by atoms with E-state index in [1.54, 1.807) is 43.1 Å². The SMILES string of the molecule is COc1ccc(NC(=O)NC(CCSC)c2nnc3ccccn23)cc1. The molecule has 0 aliphatic heterocycles. The Morgan fingerprint density at radius 1 is 1.23 bits per heavy atom. The van der Waals surface area contributed by atoms with Crippen LogP contribution in [0.2, 0.25) is 0 Å². The summed E-state index contributed by atoms with van der Waals surface area (Å²) in [6.45, 7) is 0. The van der Waals surface area contributed by atoms with Gasteiger partial charge in [0.15, 0.2) is 11.5 Å². The third-order valence-electron chi connectivity index (χ3n) is 3.92. The normalized spacial score (nSPS) is 11.9. The first-order chi connectivity index (χ1) is 12.7. The van der Waals surface area contributed by atoms with Gasteiger partial charge in [-0.25, -0.2) is 4.79 Å². The second-order valence-electron chi connectivity index (χ2n) is 5.65. The number of hydrogen-bond donors (Lipinski definition) is 2. The number of methoxy groups -OCH3 is 1. The van der Waals surface area contributed by atoms with E-state index in [9.17, 15) is 4.79 Å². The first-order valence-corrected chi connectivity index (χ1v) is 9.61. The van der Waals surface area contributed by atoms with Gasteiger partial charge in [0.2, 0.25) is 0 Å². The number of nitrogens with one attached hydrogen (secondary N) is 2. The van der Waals surface area contributed by atoms with Gasteiger partial charge < -0.3 is 15.4 Å². The number of amides is 2. The van der Waals surface area contributed by atoms with Gasteiger partial charge in [-0.15, -0.1) is 10.2 Å². The number of urea groups is 1. The Labute approximate surface area is 156 Å². The molecular formula is C18H21N5O2S. The number of pyridine rings is 1. The number of nitrogens with zero attached hydrogens (tertiary/aromatic N) is 3. The lowest BCUT2D eigenvalue weighted by atomic mass is 10.2. The van der Waals surface area contributed by atoms with Crippen molar-refractivity contribution in [2.24, 2.45) is 0 Å². The van der Waals surface area contributed by atoms with Crippen LogP contribution in [0.3, 0.4) is 0 Å². The molecule has 1 unspecified atom stereocenters. The van der Waals surface area contributed by atoms with Gasteiger partial charge in [-0.3, -0.25) is 4.40 Å². The van der Waals surface area contributed by atoms with E-state index < -0.39 is 0 Å². The van der Waals surface area contributed by atoms with E-state index in [-0.39, 0.29) is 12.1 Å². The van der Waals surface area contributed by atoms with Crippen molar-refractivity contribution in [3.63, 3.8) is 0 Å². The molecule has 2 aromatic heterocycles. The number of carbonyl (C=O) groups excluding carboxylic acids is 1. The number of aromatic nitrogens is 3. The van der Waals surface area contributed by atoms with Crippen LogP contribution in [-0.4, -0.2) is 39.7 Å². The predicted octanol–water partition coefficient (Wildman–Crippen LogP) is 3.35. The van der Waals surface area contributed by atoms with Gasteiger partial charge in [0.1, 0.15) is 5.75 Å². The fraction of sp³-hybridized carbons (Fsp3) is 0.278. The van der Waals surface area contributed by atoms with Crippen LogP contribution in [0.5, 0.6) is 5.75 Å². The van der Waals surface area contributed by atoms with Crippen molar-refractivity contribution in [2.75, 3.05) is 24.4 Å². The molecule has 2 N–H and O–H groups in total. The number of thioether (sulfide) groups is 1. The number of anilines is 1. The third kappa shape index (κ3) is 4.26. The number of fused-ring (bicyclic) bond motifs is 1. The van der Waals surface area contributed by atoms with Crippen LogP contribution >= 0.6 is 11.8 Å². The average molecular weight is 371 g/mol. The summed E-state index contributed by atoms with van der Waals surface area (Å²) < 4.78 is 7.03. The molecule has 7 nitrogen and oxygen atoms in total.